The van der Waals surface area contributed by atoms with E-state index in [2.05, 4.69) is 17.1 Å². The van der Waals surface area contributed by atoms with E-state index in [1.54, 1.807) is 0 Å². The molecule has 0 unspecified atom stereocenters. The number of benzene rings is 1. The summed E-state index contributed by atoms with van der Waals surface area (Å²) in [5.41, 5.74) is 1.64. The minimum Gasteiger partial charge on any atom is -0.388 e. The van der Waals surface area contributed by atoms with Gasteiger partial charge in [0.1, 0.15) is 0 Å². The number of H-pyrrole nitrogens is 1. The molecular weight excluding hydrogens is 314 g/mol. The van der Waals surface area contributed by atoms with Crippen LogP contribution in [0, 0.1) is 0 Å². The number of aromatic amines is 1. The number of carbonyl (C=O) groups excluding carboxylic acids is 1. The highest BCUT2D eigenvalue weighted by Crippen LogP contribution is 2.24. The predicted octanol–water partition coefficient (Wildman–Crippen LogP) is 2.41. The van der Waals surface area contributed by atoms with Crippen LogP contribution in [0.1, 0.15) is 31.2 Å². The third-order valence-corrected chi connectivity index (χ3v) is 5.16. The van der Waals surface area contributed by atoms with Gasteiger partial charge in [0.25, 0.3) is 0 Å². The van der Waals surface area contributed by atoms with Crippen molar-refractivity contribution >= 4 is 16.8 Å². The lowest BCUT2D eigenvalue weighted by Crippen LogP contribution is -2.41. The number of nitrogens with zero attached hydrogens (tertiary/aromatic N) is 2. The first-order valence-electron chi connectivity index (χ1n) is 9.17. The Bertz CT molecular complexity index is 725. The summed E-state index contributed by atoms with van der Waals surface area (Å²) in [6.07, 6.45) is 5.57. The summed E-state index contributed by atoms with van der Waals surface area (Å²) in [6, 6.07) is 8.20. The third-order valence-electron chi connectivity index (χ3n) is 5.16. The molecule has 25 heavy (non-hydrogen) atoms. The second kappa shape index (κ2) is 7.58. The molecule has 3 rings (SSSR count). The largest absolute Gasteiger partial charge is 0.388 e. The number of hydrogen-bond acceptors (Lipinski definition) is 3. The number of rotatable bonds is 5. The topological polar surface area (TPSA) is 59.6 Å². The summed E-state index contributed by atoms with van der Waals surface area (Å²) in [6.45, 7) is 2.06. The van der Waals surface area contributed by atoms with Gasteiger partial charge < -0.3 is 19.9 Å². The summed E-state index contributed by atoms with van der Waals surface area (Å²) in [5.74, 6) is 0.194. The lowest BCUT2D eigenvalue weighted by Gasteiger charge is -2.30. The zero-order chi connectivity index (χ0) is 17.9. The van der Waals surface area contributed by atoms with Gasteiger partial charge in [-0.2, -0.15) is 0 Å². The summed E-state index contributed by atoms with van der Waals surface area (Å²) in [7, 11) is 3.96. The van der Waals surface area contributed by atoms with Crippen molar-refractivity contribution in [3.05, 3.63) is 36.0 Å². The van der Waals surface area contributed by atoms with Crippen LogP contribution < -0.4 is 0 Å². The van der Waals surface area contributed by atoms with Gasteiger partial charge in [-0.25, -0.2) is 0 Å². The average molecular weight is 343 g/mol. The number of nitrogens with one attached hydrogen (secondary N) is 1. The number of likely N-dealkylation sites (N-methyl/N-ethyl adjacent to an activating group) is 1. The lowest BCUT2D eigenvalue weighted by molar-refractivity contribution is -0.131. The average Bonchev–Trinajstić information content (AvgIpc) is 2.88. The minimum atomic E-state index is -0.671. The fourth-order valence-corrected chi connectivity index (χ4v) is 3.91. The fraction of sp³-hybridized carbons (Fsp3) is 0.550. The Hall–Kier alpha value is -1.85. The van der Waals surface area contributed by atoms with Crippen LogP contribution in [0.4, 0.5) is 0 Å². The van der Waals surface area contributed by atoms with Gasteiger partial charge in [0.05, 0.1) is 5.60 Å². The van der Waals surface area contributed by atoms with Crippen LogP contribution in [0.25, 0.3) is 10.9 Å². The zero-order valence-corrected chi connectivity index (χ0v) is 15.3. The molecule has 1 fully saturated rings. The minimum absolute atomic E-state index is 0.194. The van der Waals surface area contributed by atoms with E-state index in [0.717, 1.165) is 31.3 Å². The van der Waals surface area contributed by atoms with E-state index in [4.69, 9.17) is 0 Å². The van der Waals surface area contributed by atoms with E-state index in [1.807, 2.05) is 42.2 Å². The molecule has 0 saturated carbocycles. The van der Waals surface area contributed by atoms with E-state index in [9.17, 15) is 9.90 Å². The normalized spacial score (nSPS) is 21.7. The molecular formula is C20H29N3O2. The number of hydrogen-bond donors (Lipinski definition) is 2. The molecule has 1 amide bonds. The van der Waals surface area contributed by atoms with Crippen LogP contribution in [0.2, 0.25) is 0 Å². The van der Waals surface area contributed by atoms with Crippen LogP contribution in [0.15, 0.2) is 30.5 Å². The summed E-state index contributed by atoms with van der Waals surface area (Å²) >= 11 is 0. The standard InChI is InChI=1S/C20H29N3O2/c1-22(2)15-20(25)10-5-12-23(13-11-20)19(24)9-8-16-14-21-18-7-4-3-6-17(16)18/h3-4,6-7,14,21,25H,5,8-13,15H2,1-2H3/t20-/m1/s1. The predicted molar refractivity (Wildman–Crippen MR) is 101 cm³/mol. The highest BCUT2D eigenvalue weighted by atomic mass is 16.3. The first-order valence-corrected chi connectivity index (χ1v) is 9.17. The molecule has 1 aliphatic heterocycles. The molecule has 1 saturated heterocycles. The number of likely N-dealkylation sites (tertiary alicyclic amines) is 1. The van der Waals surface area contributed by atoms with Crippen LogP contribution in [0.3, 0.4) is 0 Å². The molecule has 2 aromatic rings. The molecule has 1 aliphatic rings. The van der Waals surface area contributed by atoms with Crippen molar-refractivity contribution < 1.29 is 9.90 Å². The lowest BCUT2D eigenvalue weighted by atomic mass is 9.94. The van der Waals surface area contributed by atoms with Crippen LogP contribution in [0.5, 0.6) is 0 Å². The van der Waals surface area contributed by atoms with E-state index in [0.29, 0.717) is 25.9 Å². The zero-order valence-electron chi connectivity index (χ0n) is 15.3. The summed E-state index contributed by atoms with van der Waals surface area (Å²) < 4.78 is 0. The van der Waals surface area contributed by atoms with Gasteiger partial charge >= 0.3 is 0 Å². The molecule has 2 heterocycles. The van der Waals surface area contributed by atoms with Gasteiger partial charge in [-0.15, -0.1) is 0 Å². The number of aliphatic hydroxyl groups is 1. The Labute approximate surface area is 149 Å². The third kappa shape index (κ3) is 4.41. The second-order valence-electron chi connectivity index (χ2n) is 7.56. The van der Waals surface area contributed by atoms with Gasteiger partial charge in [-0.05, 0) is 51.4 Å². The van der Waals surface area contributed by atoms with Crippen LogP contribution >= 0.6 is 0 Å². The Morgan fingerprint density at radius 1 is 1.28 bits per heavy atom. The Morgan fingerprint density at radius 2 is 2.08 bits per heavy atom. The molecule has 0 bridgehead atoms. The maximum absolute atomic E-state index is 12.6. The molecule has 1 aromatic carbocycles. The van der Waals surface area contributed by atoms with E-state index in [-0.39, 0.29) is 5.91 Å². The van der Waals surface area contributed by atoms with E-state index < -0.39 is 5.60 Å². The molecule has 0 spiro atoms. The number of fused-ring (bicyclic) bond motifs is 1. The monoisotopic (exact) mass is 343 g/mol. The van der Waals surface area contributed by atoms with Gasteiger partial charge in [0, 0.05) is 43.2 Å². The highest BCUT2D eigenvalue weighted by Gasteiger charge is 2.31. The van der Waals surface area contributed by atoms with E-state index in [1.165, 1.54) is 10.9 Å². The Morgan fingerprint density at radius 3 is 2.88 bits per heavy atom. The number of aromatic nitrogens is 1. The van der Waals surface area contributed by atoms with Crippen molar-refractivity contribution in [2.45, 2.75) is 37.7 Å². The molecule has 136 valence electrons. The molecule has 5 nitrogen and oxygen atoms in total. The number of para-hydroxylation sites is 1. The molecule has 2 N–H and O–H groups in total. The van der Waals surface area contributed by atoms with Gasteiger partial charge in [0.15, 0.2) is 0 Å². The molecule has 5 heteroatoms. The van der Waals surface area contributed by atoms with Crippen LogP contribution in [-0.4, -0.2) is 65.1 Å². The van der Waals surface area contributed by atoms with Crippen molar-refractivity contribution in [3.8, 4) is 0 Å². The van der Waals surface area contributed by atoms with Crippen molar-refractivity contribution in [1.29, 1.82) is 0 Å². The van der Waals surface area contributed by atoms with Crippen molar-refractivity contribution in [3.63, 3.8) is 0 Å². The van der Waals surface area contributed by atoms with Crippen molar-refractivity contribution in [1.82, 2.24) is 14.8 Å². The number of aryl methyl sites for hydroxylation is 1. The number of carbonyl (C=O) groups is 1. The summed E-state index contributed by atoms with van der Waals surface area (Å²) in [4.78, 5) is 19.9. The smallest absolute Gasteiger partial charge is 0.222 e. The van der Waals surface area contributed by atoms with Gasteiger partial charge in [0.2, 0.25) is 5.91 Å². The van der Waals surface area contributed by atoms with E-state index >= 15 is 0 Å². The Balaban J connectivity index is 1.56. The van der Waals surface area contributed by atoms with Gasteiger partial charge in [-0.3, -0.25) is 4.79 Å². The van der Waals surface area contributed by atoms with Crippen molar-refractivity contribution in [2.75, 3.05) is 33.7 Å². The molecule has 0 aliphatic carbocycles. The Kier molecular flexibility index (Phi) is 5.45. The summed E-state index contributed by atoms with van der Waals surface area (Å²) in [5, 5.41) is 11.9. The molecule has 1 atom stereocenters. The number of amides is 1. The SMILES string of the molecule is CN(C)C[C@@]1(O)CCCN(C(=O)CCc2c[nH]c3ccccc23)CC1. The molecule has 0 radical (unpaired) electrons. The maximum atomic E-state index is 12.6. The van der Waals surface area contributed by atoms with Gasteiger partial charge in [-0.1, -0.05) is 18.2 Å². The molecule has 1 aromatic heterocycles. The van der Waals surface area contributed by atoms with Crippen molar-refractivity contribution in [2.24, 2.45) is 0 Å². The first kappa shape index (κ1) is 18.0. The first-order chi connectivity index (χ1) is 12.0. The quantitative estimate of drug-likeness (QED) is 0.876. The van der Waals surface area contributed by atoms with Crippen LogP contribution in [-0.2, 0) is 11.2 Å². The highest BCUT2D eigenvalue weighted by molar-refractivity contribution is 5.84. The maximum Gasteiger partial charge on any atom is 0.222 e. The second-order valence-corrected chi connectivity index (χ2v) is 7.56. The fourth-order valence-electron chi connectivity index (χ4n) is 3.91.